The minimum atomic E-state index is -0.306. The average Bonchev–Trinajstić information content (AvgIpc) is 2.19. The van der Waals surface area contributed by atoms with Crippen LogP contribution in [0, 0.1) is 0 Å². The van der Waals surface area contributed by atoms with E-state index in [0.29, 0.717) is 12.0 Å². The molecule has 1 aromatic carbocycles. The third-order valence-corrected chi connectivity index (χ3v) is 2.02. The van der Waals surface area contributed by atoms with Gasteiger partial charge in [-0.15, -0.1) is 6.58 Å². The summed E-state index contributed by atoms with van der Waals surface area (Å²) in [4.78, 5) is 11.5. The third-order valence-electron chi connectivity index (χ3n) is 1.79. The van der Waals surface area contributed by atoms with Crippen LogP contribution in [0.1, 0.15) is 15.9 Å². The van der Waals surface area contributed by atoms with Crippen LogP contribution in [0.2, 0.25) is 0 Å². The molecule has 0 aromatic heterocycles. The molecule has 0 aliphatic carbocycles. The Hall–Kier alpha value is -1.09. The first kappa shape index (κ1) is 11.0. The van der Waals surface area contributed by atoms with Gasteiger partial charge in [0.1, 0.15) is 5.52 Å². The molecule has 0 atom stereocenters. The van der Waals surface area contributed by atoms with E-state index in [2.05, 4.69) is 22.5 Å². The lowest BCUT2D eigenvalue weighted by molar-refractivity contribution is 0.0583. The van der Waals surface area contributed by atoms with E-state index in [4.69, 9.17) is 4.74 Å². The fourth-order valence-corrected chi connectivity index (χ4v) is 1.39. The van der Waals surface area contributed by atoms with Gasteiger partial charge in [-0.3, -0.25) is 0 Å². The molecule has 0 aliphatic heterocycles. The maximum absolute atomic E-state index is 11.5. The molecule has 0 unspecified atom stereocenters. The lowest BCUT2D eigenvalue weighted by Crippen LogP contribution is -2.06. The second-order valence-electron chi connectivity index (χ2n) is 2.69. The fourth-order valence-electron chi connectivity index (χ4n) is 1.18. The fraction of sp³-hybridized carbons (Fsp3) is 0.182. The van der Waals surface area contributed by atoms with Crippen molar-refractivity contribution < 1.29 is 9.53 Å². The van der Waals surface area contributed by atoms with Crippen molar-refractivity contribution in [2.45, 2.75) is 6.42 Å². The molecule has 0 fully saturated rings. The van der Waals surface area contributed by atoms with Crippen molar-refractivity contribution in [3.63, 3.8) is 0 Å². The lowest BCUT2D eigenvalue weighted by atomic mass is 10.1. The Bertz CT molecular complexity index is 334. The number of hydrogen-bond acceptors (Lipinski definition) is 2. The van der Waals surface area contributed by atoms with Crippen molar-refractivity contribution in [2.24, 2.45) is 0 Å². The number of halogens is 1. The first-order valence-corrected chi connectivity index (χ1v) is 5.33. The molecule has 0 aliphatic rings. The molecule has 0 amide bonds. The highest BCUT2D eigenvalue weighted by molar-refractivity contribution is 9.09. The molecule has 2 nitrogen and oxygen atoms in total. The molecule has 3 heteroatoms. The zero-order chi connectivity index (χ0) is 10.4. The van der Waals surface area contributed by atoms with Crippen LogP contribution >= 0.6 is 15.9 Å². The Morgan fingerprint density at radius 1 is 1.50 bits per heavy atom. The summed E-state index contributed by atoms with van der Waals surface area (Å²) in [6.07, 6.45) is 2.44. The van der Waals surface area contributed by atoms with Crippen molar-refractivity contribution in [1.29, 1.82) is 0 Å². The van der Waals surface area contributed by atoms with E-state index in [1.807, 2.05) is 18.2 Å². The van der Waals surface area contributed by atoms with Crippen LogP contribution < -0.4 is 0 Å². The summed E-state index contributed by atoms with van der Waals surface area (Å²) in [7, 11) is 0. The first-order valence-electron chi connectivity index (χ1n) is 4.21. The normalized spacial score (nSPS) is 9.50. The zero-order valence-corrected chi connectivity index (χ0v) is 9.29. The summed E-state index contributed by atoms with van der Waals surface area (Å²) < 4.78 is 4.86. The van der Waals surface area contributed by atoms with Crippen LogP contribution in [0.5, 0.6) is 0 Å². The summed E-state index contributed by atoms with van der Waals surface area (Å²) in [6.45, 7) is 3.64. The van der Waals surface area contributed by atoms with Gasteiger partial charge in [0.2, 0.25) is 0 Å². The molecule has 0 bridgehead atoms. The monoisotopic (exact) mass is 254 g/mol. The molecule has 0 saturated carbocycles. The van der Waals surface area contributed by atoms with Gasteiger partial charge in [0.05, 0.1) is 5.56 Å². The maximum Gasteiger partial charge on any atom is 0.339 e. The average molecular weight is 255 g/mol. The van der Waals surface area contributed by atoms with Gasteiger partial charge in [-0.05, 0) is 34.0 Å². The molecule has 0 N–H and O–H groups in total. The van der Waals surface area contributed by atoms with Gasteiger partial charge in [0, 0.05) is 0 Å². The van der Waals surface area contributed by atoms with Crippen molar-refractivity contribution in [3.8, 4) is 0 Å². The third kappa shape index (κ3) is 2.70. The van der Waals surface area contributed by atoms with Crippen molar-refractivity contribution in [3.05, 3.63) is 48.0 Å². The second-order valence-corrected chi connectivity index (χ2v) is 3.15. The van der Waals surface area contributed by atoms with Crippen LogP contribution in [-0.2, 0) is 11.2 Å². The van der Waals surface area contributed by atoms with Crippen LogP contribution in [0.4, 0.5) is 0 Å². The lowest BCUT2D eigenvalue weighted by Gasteiger charge is -2.05. The molecule has 0 radical (unpaired) electrons. The number of allylic oxidation sites excluding steroid dienone is 1. The molecule has 0 saturated heterocycles. The standard InChI is InChI=1S/C11H11BrO2/c1-2-5-9-6-3-4-7-10(9)11(13)14-8-12/h2-4,6-7H,1,5,8H2. The molecule has 14 heavy (non-hydrogen) atoms. The predicted molar refractivity (Wildman–Crippen MR) is 59.6 cm³/mol. The van der Waals surface area contributed by atoms with Crippen molar-refractivity contribution >= 4 is 21.9 Å². The number of alkyl halides is 1. The molecular weight excluding hydrogens is 244 g/mol. The quantitative estimate of drug-likeness (QED) is 0.469. The van der Waals surface area contributed by atoms with Gasteiger partial charge in [-0.25, -0.2) is 4.79 Å². The molecule has 0 spiro atoms. The number of carbonyl (C=O) groups excluding carboxylic acids is 1. The summed E-state index contributed by atoms with van der Waals surface area (Å²) in [6, 6.07) is 7.36. The number of hydrogen-bond donors (Lipinski definition) is 0. The first-order chi connectivity index (χ1) is 6.79. The van der Waals surface area contributed by atoms with E-state index in [0.717, 1.165) is 5.56 Å². The Morgan fingerprint density at radius 2 is 2.21 bits per heavy atom. The number of esters is 1. The molecule has 1 aromatic rings. The topological polar surface area (TPSA) is 26.3 Å². The minimum absolute atomic E-state index is 0.217. The smallest absolute Gasteiger partial charge is 0.339 e. The molecule has 74 valence electrons. The largest absolute Gasteiger partial charge is 0.450 e. The Labute approximate surface area is 91.7 Å². The maximum atomic E-state index is 11.5. The molecule has 0 heterocycles. The van der Waals surface area contributed by atoms with Gasteiger partial charge >= 0.3 is 5.97 Å². The predicted octanol–water partition coefficient (Wildman–Crippen LogP) is 2.92. The zero-order valence-electron chi connectivity index (χ0n) is 7.70. The van der Waals surface area contributed by atoms with Crippen LogP contribution in [0.15, 0.2) is 36.9 Å². The Kier molecular flexibility index (Phi) is 4.40. The highest BCUT2D eigenvalue weighted by Crippen LogP contribution is 2.11. The summed E-state index contributed by atoms with van der Waals surface area (Å²) >= 11 is 3.05. The molecule has 1 rings (SSSR count). The Balaban J connectivity index is 2.93. The Morgan fingerprint density at radius 3 is 2.86 bits per heavy atom. The van der Waals surface area contributed by atoms with Crippen LogP contribution in [-0.4, -0.2) is 11.5 Å². The highest BCUT2D eigenvalue weighted by Gasteiger charge is 2.10. The van der Waals surface area contributed by atoms with Crippen molar-refractivity contribution in [1.82, 2.24) is 0 Å². The van der Waals surface area contributed by atoms with Gasteiger partial charge in [-0.1, -0.05) is 24.3 Å². The summed E-state index contributed by atoms with van der Waals surface area (Å²) in [5.74, 6) is -0.306. The van der Waals surface area contributed by atoms with Gasteiger partial charge in [-0.2, -0.15) is 0 Å². The van der Waals surface area contributed by atoms with Gasteiger partial charge in [0.15, 0.2) is 0 Å². The number of carbonyl (C=O) groups is 1. The van der Waals surface area contributed by atoms with Gasteiger partial charge < -0.3 is 4.74 Å². The SMILES string of the molecule is C=CCc1ccccc1C(=O)OCBr. The highest BCUT2D eigenvalue weighted by atomic mass is 79.9. The second kappa shape index (κ2) is 5.60. The summed E-state index contributed by atoms with van der Waals surface area (Å²) in [5.41, 5.74) is 1.76. The summed E-state index contributed by atoms with van der Waals surface area (Å²) in [5, 5.41) is 0. The van der Waals surface area contributed by atoms with E-state index < -0.39 is 0 Å². The van der Waals surface area contributed by atoms with Gasteiger partial charge in [0.25, 0.3) is 0 Å². The van der Waals surface area contributed by atoms with Crippen molar-refractivity contribution in [2.75, 3.05) is 5.52 Å². The van der Waals surface area contributed by atoms with E-state index in [9.17, 15) is 4.79 Å². The van der Waals surface area contributed by atoms with Crippen LogP contribution in [0.25, 0.3) is 0 Å². The van der Waals surface area contributed by atoms with E-state index in [1.165, 1.54) is 0 Å². The van der Waals surface area contributed by atoms with E-state index in [-0.39, 0.29) is 11.5 Å². The number of ether oxygens (including phenoxy) is 1. The van der Waals surface area contributed by atoms with Crippen LogP contribution in [0.3, 0.4) is 0 Å². The molecular formula is C11H11BrO2. The van der Waals surface area contributed by atoms with E-state index >= 15 is 0 Å². The number of benzene rings is 1. The van der Waals surface area contributed by atoms with E-state index in [1.54, 1.807) is 12.1 Å². The minimum Gasteiger partial charge on any atom is -0.450 e. The number of rotatable bonds is 4.